The van der Waals surface area contributed by atoms with Gasteiger partial charge in [0, 0.05) is 7.05 Å². The molecule has 5 nitrogen and oxygen atoms in total. The normalized spacial score (nSPS) is 25.5. The molecule has 0 saturated heterocycles. The van der Waals surface area contributed by atoms with Crippen LogP contribution in [0.5, 0.6) is 0 Å². The monoisotopic (exact) mass is 341 g/mol. The van der Waals surface area contributed by atoms with Crippen LogP contribution in [0.15, 0.2) is 0 Å². The Labute approximate surface area is 147 Å². The molecule has 0 bridgehead atoms. The van der Waals surface area contributed by atoms with Crippen LogP contribution in [0.2, 0.25) is 0 Å². The number of nitrogens with zero attached hydrogens (tertiary/aromatic N) is 1. The Morgan fingerprint density at radius 2 is 1.75 bits per heavy atom. The average Bonchev–Trinajstić information content (AvgIpc) is 2.50. The van der Waals surface area contributed by atoms with Gasteiger partial charge in [-0.1, -0.05) is 41.0 Å². The van der Waals surface area contributed by atoms with Crippen LogP contribution < -0.4 is 0 Å². The maximum atomic E-state index is 12.5. The van der Waals surface area contributed by atoms with E-state index in [0.29, 0.717) is 24.4 Å². The van der Waals surface area contributed by atoms with Crippen molar-refractivity contribution >= 4 is 12.1 Å². The van der Waals surface area contributed by atoms with Gasteiger partial charge in [0.05, 0.1) is 6.61 Å². The van der Waals surface area contributed by atoms with Gasteiger partial charge in [-0.2, -0.15) is 0 Å². The number of esters is 1. The minimum absolute atomic E-state index is 0.0671. The highest BCUT2D eigenvalue weighted by molar-refractivity contribution is 5.80. The Bertz CT molecular complexity index is 422. The van der Waals surface area contributed by atoms with Crippen LogP contribution >= 0.6 is 0 Å². The van der Waals surface area contributed by atoms with E-state index < -0.39 is 12.1 Å². The summed E-state index contributed by atoms with van der Waals surface area (Å²) in [6.45, 7) is 12.6. The van der Waals surface area contributed by atoms with Gasteiger partial charge in [-0.3, -0.25) is 4.90 Å². The first-order valence-electron chi connectivity index (χ1n) is 9.23. The topological polar surface area (TPSA) is 55.8 Å². The van der Waals surface area contributed by atoms with Gasteiger partial charge < -0.3 is 9.47 Å². The van der Waals surface area contributed by atoms with Crippen molar-refractivity contribution in [3.63, 3.8) is 0 Å². The summed E-state index contributed by atoms with van der Waals surface area (Å²) in [5.74, 6) is 1.32. The summed E-state index contributed by atoms with van der Waals surface area (Å²) in [5.41, 5.74) is 0. The van der Waals surface area contributed by atoms with E-state index in [-0.39, 0.29) is 18.0 Å². The lowest BCUT2D eigenvalue weighted by atomic mass is 9.75. The highest BCUT2D eigenvalue weighted by atomic mass is 16.6. The van der Waals surface area contributed by atoms with Crippen molar-refractivity contribution in [2.75, 3.05) is 13.7 Å². The zero-order valence-electron chi connectivity index (χ0n) is 16.4. The predicted molar refractivity (Wildman–Crippen MR) is 94.6 cm³/mol. The van der Waals surface area contributed by atoms with Gasteiger partial charge >= 0.3 is 12.1 Å². The molecule has 0 radical (unpaired) electrons. The molecular formula is C19H35NO4. The van der Waals surface area contributed by atoms with Gasteiger partial charge in [0.25, 0.3) is 0 Å². The lowest BCUT2D eigenvalue weighted by Gasteiger charge is -2.37. The number of rotatable bonds is 6. The lowest BCUT2D eigenvalue weighted by Crippen LogP contribution is -2.45. The molecular weight excluding hydrogens is 306 g/mol. The highest BCUT2D eigenvalue weighted by Crippen LogP contribution is 2.35. The fourth-order valence-electron chi connectivity index (χ4n) is 3.15. The van der Waals surface area contributed by atoms with Crippen molar-refractivity contribution in [1.29, 1.82) is 0 Å². The number of likely N-dealkylation sites (N-methyl/N-ethyl adjacent to an activating group) is 1. The third-order valence-corrected chi connectivity index (χ3v) is 4.98. The van der Waals surface area contributed by atoms with Gasteiger partial charge in [-0.05, 0) is 43.4 Å². The summed E-state index contributed by atoms with van der Waals surface area (Å²) in [7, 11) is 1.60. The minimum atomic E-state index is -0.644. The molecule has 1 saturated carbocycles. The maximum Gasteiger partial charge on any atom is 0.410 e. The van der Waals surface area contributed by atoms with Crippen LogP contribution in [0.1, 0.15) is 60.8 Å². The van der Waals surface area contributed by atoms with Gasteiger partial charge in [0.1, 0.15) is 12.1 Å². The van der Waals surface area contributed by atoms with E-state index in [1.54, 1.807) is 14.0 Å². The van der Waals surface area contributed by atoms with Crippen molar-refractivity contribution in [1.82, 2.24) is 4.90 Å². The van der Waals surface area contributed by atoms with Gasteiger partial charge in [-0.15, -0.1) is 0 Å². The molecule has 1 amide bonds. The van der Waals surface area contributed by atoms with E-state index in [1.165, 1.54) is 11.3 Å². The highest BCUT2D eigenvalue weighted by Gasteiger charge is 2.35. The second-order valence-corrected chi connectivity index (χ2v) is 8.06. The van der Waals surface area contributed by atoms with Crippen LogP contribution in [0.4, 0.5) is 4.79 Å². The molecule has 1 aliphatic rings. The molecule has 1 aliphatic carbocycles. The van der Waals surface area contributed by atoms with Crippen LogP contribution in [0.3, 0.4) is 0 Å². The van der Waals surface area contributed by atoms with E-state index in [0.717, 1.165) is 12.8 Å². The summed E-state index contributed by atoms with van der Waals surface area (Å²) in [5, 5.41) is 0. The van der Waals surface area contributed by atoms with Crippen LogP contribution in [0, 0.1) is 23.7 Å². The Morgan fingerprint density at radius 3 is 2.29 bits per heavy atom. The number of amides is 1. The van der Waals surface area contributed by atoms with Crippen molar-refractivity contribution in [2.24, 2.45) is 23.7 Å². The third-order valence-electron chi connectivity index (χ3n) is 4.98. The predicted octanol–water partition coefficient (Wildman–Crippen LogP) is 4.10. The summed E-state index contributed by atoms with van der Waals surface area (Å²) < 4.78 is 11.0. The molecule has 0 spiro atoms. The first kappa shape index (κ1) is 20.8. The molecule has 140 valence electrons. The standard InChI is InChI=1S/C19H35NO4/c1-12(2)11-23-18(21)15(6)20(7)19(22)24-17-10-14(5)8-9-16(17)13(3)4/h12-17H,8-11H2,1-7H3. The van der Waals surface area contributed by atoms with Crippen molar-refractivity contribution in [2.45, 2.75) is 73.0 Å². The minimum Gasteiger partial charge on any atom is -0.464 e. The summed E-state index contributed by atoms with van der Waals surface area (Å²) in [4.78, 5) is 25.9. The average molecular weight is 341 g/mol. The van der Waals surface area contributed by atoms with Crippen molar-refractivity contribution in [3.8, 4) is 0 Å². The van der Waals surface area contributed by atoms with E-state index in [9.17, 15) is 9.59 Å². The van der Waals surface area contributed by atoms with E-state index in [4.69, 9.17) is 9.47 Å². The van der Waals surface area contributed by atoms with E-state index in [1.807, 2.05) is 13.8 Å². The van der Waals surface area contributed by atoms with E-state index in [2.05, 4.69) is 20.8 Å². The van der Waals surface area contributed by atoms with Gasteiger partial charge in [0.15, 0.2) is 0 Å². The Morgan fingerprint density at radius 1 is 1.12 bits per heavy atom. The largest absolute Gasteiger partial charge is 0.464 e. The fraction of sp³-hybridized carbons (Fsp3) is 0.895. The second-order valence-electron chi connectivity index (χ2n) is 8.06. The molecule has 1 rings (SSSR count). The number of carbonyl (C=O) groups excluding carboxylic acids is 2. The number of hydrogen-bond donors (Lipinski definition) is 0. The van der Waals surface area contributed by atoms with E-state index >= 15 is 0 Å². The van der Waals surface area contributed by atoms with Crippen molar-refractivity contribution in [3.05, 3.63) is 0 Å². The summed E-state index contributed by atoms with van der Waals surface area (Å²) >= 11 is 0. The number of hydrogen-bond acceptors (Lipinski definition) is 4. The van der Waals surface area contributed by atoms with Crippen LogP contribution in [0.25, 0.3) is 0 Å². The molecule has 24 heavy (non-hydrogen) atoms. The SMILES string of the molecule is CC(C)COC(=O)C(C)N(C)C(=O)OC1CC(C)CCC1C(C)C. The first-order chi connectivity index (χ1) is 11.1. The number of ether oxygens (including phenoxy) is 2. The van der Waals surface area contributed by atoms with Gasteiger partial charge in [-0.25, -0.2) is 9.59 Å². The van der Waals surface area contributed by atoms with Crippen molar-refractivity contribution < 1.29 is 19.1 Å². The molecule has 4 atom stereocenters. The molecule has 0 heterocycles. The zero-order chi connectivity index (χ0) is 18.4. The molecule has 0 aliphatic heterocycles. The molecule has 0 aromatic heterocycles. The Kier molecular flexibility index (Phi) is 8.04. The lowest BCUT2D eigenvalue weighted by molar-refractivity contribution is -0.149. The smallest absolute Gasteiger partial charge is 0.410 e. The summed E-state index contributed by atoms with van der Waals surface area (Å²) in [6, 6.07) is -0.644. The molecule has 4 unspecified atom stereocenters. The molecule has 1 fully saturated rings. The molecule has 0 aromatic carbocycles. The maximum absolute atomic E-state index is 12.5. The Hall–Kier alpha value is -1.26. The van der Waals surface area contributed by atoms with Crippen LogP contribution in [-0.4, -0.2) is 42.8 Å². The van der Waals surface area contributed by atoms with Crippen LogP contribution in [-0.2, 0) is 14.3 Å². The van der Waals surface area contributed by atoms with Gasteiger partial charge in [0.2, 0.25) is 0 Å². The third kappa shape index (κ3) is 5.99. The quantitative estimate of drug-likeness (QED) is 0.682. The zero-order valence-corrected chi connectivity index (χ0v) is 16.4. The summed E-state index contributed by atoms with van der Waals surface area (Å²) in [6.07, 6.45) is 2.67. The Balaban J connectivity index is 2.62. The molecule has 0 aromatic rings. The molecule has 5 heteroatoms. The second kappa shape index (κ2) is 9.28. The number of carbonyl (C=O) groups is 2. The molecule has 0 N–H and O–H groups in total. The fourth-order valence-corrected chi connectivity index (χ4v) is 3.15. The first-order valence-corrected chi connectivity index (χ1v) is 9.23.